The molecule has 3 aliphatic rings. The standard InChI is InChI=1S/C25H38BN3O4/c1-18(2)22-5-3-4-20-17-23(26(31)33-25(20)22)28-24(30)16-19-6-8-21(9-7-19)27-10-11-29-12-14-32-15-13-29/h3-5,19,21,23,27,31H,1,6-17H2,2H3,(H,28,30)/t19-,21-,23-/m0/s1. The first-order chi connectivity index (χ1) is 16.0. The maximum absolute atomic E-state index is 12.7. The van der Waals surface area contributed by atoms with Crippen molar-refractivity contribution < 1.29 is 19.2 Å². The summed E-state index contributed by atoms with van der Waals surface area (Å²) < 4.78 is 11.2. The maximum Gasteiger partial charge on any atom is 0.547 e. The van der Waals surface area contributed by atoms with Crippen molar-refractivity contribution in [3.63, 3.8) is 0 Å². The predicted octanol–water partition coefficient (Wildman–Crippen LogP) is 2.03. The SMILES string of the molecule is C=C(C)c1cccc2c1OB(O)[C@@H](NC(=O)C[C@H]1CC[C@H](NCCN3CCOCC3)CC1)C2. The van der Waals surface area contributed by atoms with Crippen molar-refractivity contribution in [2.45, 2.75) is 57.4 Å². The highest BCUT2D eigenvalue weighted by Gasteiger charge is 2.37. The van der Waals surface area contributed by atoms with Gasteiger partial charge in [0.15, 0.2) is 0 Å². The van der Waals surface area contributed by atoms with Crippen LogP contribution in [0, 0.1) is 5.92 Å². The van der Waals surface area contributed by atoms with Gasteiger partial charge in [0.2, 0.25) is 5.91 Å². The van der Waals surface area contributed by atoms with Crippen LogP contribution in [0.15, 0.2) is 24.8 Å². The number of amides is 1. The van der Waals surface area contributed by atoms with Crippen LogP contribution in [0.4, 0.5) is 0 Å². The van der Waals surface area contributed by atoms with E-state index < -0.39 is 13.1 Å². The molecule has 1 aliphatic carbocycles. The zero-order chi connectivity index (χ0) is 23.2. The van der Waals surface area contributed by atoms with E-state index in [-0.39, 0.29) is 5.91 Å². The molecule has 2 heterocycles. The average Bonchev–Trinajstić information content (AvgIpc) is 2.81. The summed E-state index contributed by atoms with van der Waals surface area (Å²) in [5.41, 5.74) is 2.80. The normalized spacial score (nSPS) is 25.8. The van der Waals surface area contributed by atoms with E-state index in [9.17, 15) is 9.82 Å². The molecule has 0 radical (unpaired) electrons. The lowest BCUT2D eigenvalue weighted by Gasteiger charge is -2.32. The molecule has 0 spiro atoms. The van der Waals surface area contributed by atoms with Crippen LogP contribution in [0.1, 0.15) is 50.2 Å². The van der Waals surface area contributed by atoms with Crippen LogP contribution < -0.4 is 15.3 Å². The minimum atomic E-state index is -1.05. The number of nitrogens with one attached hydrogen (secondary N) is 2. The second-order valence-corrected chi connectivity index (χ2v) is 9.79. The summed E-state index contributed by atoms with van der Waals surface area (Å²) in [5.74, 6) is 0.670. The van der Waals surface area contributed by atoms with Gasteiger partial charge in [-0.3, -0.25) is 9.69 Å². The molecule has 1 atom stereocenters. The quantitative estimate of drug-likeness (QED) is 0.521. The Bertz CT molecular complexity index is 822. The molecule has 7 nitrogen and oxygen atoms in total. The number of allylic oxidation sites excluding steroid dienone is 1. The smallest absolute Gasteiger partial charge is 0.534 e. The first-order valence-electron chi connectivity index (χ1n) is 12.4. The number of fused-ring (bicyclic) bond motifs is 1. The first kappa shape index (κ1) is 24.3. The van der Waals surface area contributed by atoms with E-state index in [1.165, 1.54) is 0 Å². The summed E-state index contributed by atoms with van der Waals surface area (Å²) in [7, 11) is -1.05. The van der Waals surface area contributed by atoms with E-state index in [0.29, 0.717) is 30.6 Å². The number of rotatable bonds is 8. The number of hydrogen-bond acceptors (Lipinski definition) is 6. The molecule has 0 aromatic heterocycles. The van der Waals surface area contributed by atoms with Gasteiger partial charge in [0.05, 0.1) is 19.2 Å². The Morgan fingerprint density at radius 3 is 2.73 bits per heavy atom. The molecule has 0 bridgehead atoms. The number of morpholine rings is 1. The van der Waals surface area contributed by atoms with E-state index in [4.69, 9.17) is 9.39 Å². The number of hydrogen-bond donors (Lipinski definition) is 3. The second-order valence-electron chi connectivity index (χ2n) is 9.79. The van der Waals surface area contributed by atoms with Gasteiger partial charge in [0.25, 0.3) is 0 Å². The Balaban J connectivity index is 1.18. The van der Waals surface area contributed by atoms with Gasteiger partial charge in [-0.15, -0.1) is 0 Å². The lowest BCUT2D eigenvalue weighted by atomic mass is 9.72. The van der Waals surface area contributed by atoms with Crippen LogP contribution in [0.2, 0.25) is 0 Å². The van der Waals surface area contributed by atoms with Crippen LogP contribution >= 0.6 is 0 Å². The zero-order valence-corrected chi connectivity index (χ0v) is 19.9. The van der Waals surface area contributed by atoms with Gasteiger partial charge in [-0.05, 0) is 56.1 Å². The summed E-state index contributed by atoms with van der Waals surface area (Å²) in [6.07, 6.45) is 5.44. The Kier molecular flexibility index (Phi) is 8.47. The van der Waals surface area contributed by atoms with Gasteiger partial charge in [-0.25, -0.2) is 0 Å². The number of carbonyl (C=O) groups is 1. The summed E-state index contributed by atoms with van der Waals surface area (Å²) in [6, 6.07) is 6.45. The van der Waals surface area contributed by atoms with E-state index in [2.05, 4.69) is 22.1 Å². The molecule has 1 saturated heterocycles. The van der Waals surface area contributed by atoms with Crippen LogP contribution in [0.25, 0.3) is 5.57 Å². The molecular weight excluding hydrogens is 417 g/mol. The van der Waals surface area contributed by atoms with Crippen LogP contribution in [0.5, 0.6) is 5.75 Å². The maximum atomic E-state index is 12.7. The van der Waals surface area contributed by atoms with Crippen molar-refractivity contribution in [2.24, 2.45) is 5.92 Å². The minimum absolute atomic E-state index is 0.00545. The lowest BCUT2D eigenvalue weighted by molar-refractivity contribution is -0.122. The Morgan fingerprint density at radius 1 is 1.24 bits per heavy atom. The molecule has 33 heavy (non-hydrogen) atoms. The minimum Gasteiger partial charge on any atom is -0.534 e. The van der Waals surface area contributed by atoms with Crippen LogP contribution in [-0.4, -0.2) is 74.3 Å². The molecule has 1 aromatic carbocycles. The number of carbonyl (C=O) groups excluding carboxylic acids is 1. The number of para-hydroxylation sites is 1. The molecule has 8 heteroatoms. The second kappa shape index (κ2) is 11.5. The molecule has 2 fully saturated rings. The Hall–Kier alpha value is -1.87. The van der Waals surface area contributed by atoms with Crippen LogP contribution in [-0.2, 0) is 16.0 Å². The summed E-state index contributed by atoms with van der Waals surface area (Å²) in [6.45, 7) is 11.8. The molecular formula is C25H38BN3O4. The third-order valence-corrected chi connectivity index (χ3v) is 7.21. The fourth-order valence-corrected chi connectivity index (χ4v) is 5.23. The monoisotopic (exact) mass is 455 g/mol. The molecule has 3 N–H and O–H groups in total. The lowest BCUT2D eigenvalue weighted by Crippen LogP contribution is -2.53. The Labute approximate surface area is 198 Å². The van der Waals surface area contributed by atoms with E-state index in [1.54, 1.807) is 0 Å². The van der Waals surface area contributed by atoms with Crippen molar-refractivity contribution in [1.29, 1.82) is 0 Å². The van der Waals surface area contributed by atoms with Crippen molar-refractivity contribution in [3.05, 3.63) is 35.9 Å². The molecule has 2 aliphatic heterocycles. The summed E-state index contributed by atoms with van der Waals surface area (Å²) >= 11 is 0. The van der Waals surface area contributed by atoms with Crippen molar-refractivity contribution in [2.75, 3.05) is 39.4 Å². The molecule has 1 amide bonds. The summed E-state index contributed by atoms with van der Waals surface area (Å²) in [4.78, 5) is 15.2. The van der Waals surface area contributed by atoms with E-state index in [1.807, 2.05) is 25.1 Å². The molecule has 4 rings (SSSR count). The number of benzene rings is 1. The van der Waals surface area contributed by atoms with Gasteiger partial charge in [-0.1, -0.05) is 24.8 Å². The van der Waals surface area contributed by atoms with Crippen LogP contribution in [0.3, 0.4) is 0 Å². The van der Waals surface area contributed by atoms with E-state index in [0.717, 1.165) is 81.8 Å². The number of ether oxygens (including phenoxy) is 1. The van der Waals surface area contributed by atoms with Gasteiger partial charge >= 0.3 is 7.12 Å². The van der Waals surface area contributed by atoms with Crippen molar-refractivity contribution in [3.8, 4) is 5.75 Å². The largest absolute Gasteiger partial charge is 0.547 e. The fraction of sp³-hybridized carbons (Fsp3) is 0.640. The average molecular weight is 455 g/mol. The highest BCUT2D eigenvalue weighted by Crippen LogP contribution is 2.33. The van der Waals surface area contributed by atoms with Gasteiger partial charge < -0.3 is 25.0 Å². The topological polar surface area (TPSA) is 83.1 Å². The fourth-order valence-electron chi connectivity index (χ4n) is 5.23. The third kappa shape index (κ3) is 6.60. The highest BCUT2D eigenvalue weighted by molar-refractivity contribution is 6.46. The molecule has 0 unspecified atom stereocenters. The van der Waals surface area contributed by atoms with Crippen molar-refractivity contribution >= 4 is 18.6 Å². The molecule has 1 aromatic rings. The third-order valence-electron chi connectivity index (χ3n) is 7.21. The molecule has 180 valence electrons. The Morgan fingerprint density at radius 2 is 2.00 bits per heavy atom. The zero-order valence-electron chi connectivity index (χ0n) is 19.9. The van der Waals surface area contributed by atoms with Crippen molar-refractivity contribution in [1.82, 2.24) is 15.5 Å². The summed E-state index contributed by atoms with van der Waals surface area (Å²) in [5, 5.41) is 17.2. The highest BCUT2D eigenvalue weighted by atomic mass is 16.5. The van der Waals surface area contributed by atoms with Gasteiger partial charge in [-0.2, -0.15) is 0 Å². The number of nitrogens with zero attached hydrogens (tertiary/aromatic N) is 1. The first-order valence-corrected chi connectivity index (χ1v) is 12.4. The van der Waals surface area contributed by atoms with Gasteiger partial charge in [0.1, 0.15) is 5.75 Å². The van der Waals surface area contributed by atoms with Gasteiger partial charge in [0, 0.05) is 44.2 Å². The molecule has 1 saturated carbocycles. The van der Waals surface area contributed by atoms with E-state index >= 15 is 0 Å². The predicted molar refractivity (Wildman–Crippen MR) is 131 cm³/mol.